The topological polar surface area (TPSA) is 54.4 Å². The molecule has 3 heteroatoms. The summed E-state index contributed by atoms with van der Waals surface area (Å²) in [4.78, 5) is 23.6. The van der Waals surface area contributed by atoms with E-state index in [-0.39, 0.29) is 5.78 Å². The summed E-state index contributed by atoms with van der Waals surface area (Å²) in [5.74, 6) is -1.97. The summed E-state index contributed by atoms with van der Waals surface area (Å²) < 4.78 is 0. The molecule has 2 unspecified atom stereocenters. The third-order valence-corrected chi connectivity index (χ3v) is 3.50. The molecule has 18 heavy (non-hydrogen) atoms. The van der Waals surface area contributed by atoms with E-state index in [1.54, 1.807) is 6.07 Å². The van der Waals surface area contributed by atoms with E-state index in [1.807, 2.05) is 37.3 Å². The van der Waals surface area contributed by atoms with Gasteiger partial charge in [0, 0.05) is 11.5 Å². The second-order valence-corrected chi connectivity index (χ2v) is 4.67. The predicted molar refractivity (Wildman–Crippen MR) is 68.5 cm³/mol. The number of hydrogen-bond donors (Lipinski definition) is 1. The van der Waals surface area contributed by atoms with Crippen LogP contribution in [0.3, 0.4) is 0 Å². The Bertz CT molecular complexity index is 502. The normalized spacial score (nSPS) is 22.7. The van der Waals surface area contributed by atoms with Crippen molar-refractivity contribution in [2.75, 3.05) is 0 Å². The highest BCUT2D eigenvalue weighted by Gasteiger charge is 2.34. The average molecular weight is 244 g/mol. The van der Waals surface area contributed by atoms with E-state index in [0.717, 1.165) is 5.56 Å². The van der Waals surface area contributed by atoms with Crippen LogP contribution < -0.4 is 0 Å². The number of ketones is 1. The van der Waals surface area contributed by atoms with Crippen LogP contribution in [0.5, 0.6) is 0 Å². The summed E-state index contributed by atoms with van der Waals surface area (Å²) in [6.07, 6.45) is 4.71. The Morgan fingerprint density at radius 3 is 2.33 bits per heavy atom. The number of benzene rings is 1. The Balaban J connectivity index is 2.30. The van der Waals surface area contributed by atoms with Gasteiger partial charge in [-0.05, 0) is 25.3 Å². The number of carboxylic acid groups (broad SMARTS) is 1. The lowest BCUT2D eigenvalue weighted by Crippen LogP contribution is -2.31. The van der Waals surface area contributed by atoms with Crippen LogP contribution in [0.4, 0.5) is 0 Å². The Morgan fingerprint density at radius 2 is 1.72 bits per heavy atom. The molecule has 1 aliphatic rings. The van der Waals surface area contributed by atoms with E-state index in [0.29, 0.717) is 18.4 Å². The van der Waals surface area contributed by atoms with Crippen molar-refractivity contribution in [3.8, 4) is 0 Å². The molecule has 94 valence electrons. The predicted octanol–water partition coefficient (Wildman–Crippen LogP) is 2.84. The highest BCUT2D eigenvalue weighted by Crippen LogP contribution is 2.29. The van der Waals surface area contributed by atoms with Gasteiger partial charge in [-0.25, -0.2) is 0 Å². The summed E-state index contributed by atoms with van der Waals surface area (Å²) in [6, 6.07) is 7.34. The lowest BCUT2D eigenvalue weighted by molar-refractivity contribution is -0.143. The molecule has 1 aliphatic carbocycles. The molecule has 0 saturated carbocycles. The van der Waals surface area contributed by atoms with Gasteiger partial charge in [0.1, 0.15) is 0 Å². The largest absolute Gasteiger partial charge is 0.481 e. The van der Waals surface area contributed by atoms with Crippen LogP contribution in [-0.2, 0) is 4.79 Å². The molecular formula is C15H16O3. The van der Waals surface area contributed by atoms with Crippen molar-refractivity contribution >= 4 is 11.8 Å². The first-order chi connectivity index (χ1) is 8.61. The lowest BCUT2D eigenvalue weighted by Gasteiger charge is -2.24. The van der Waals surface area contributed by atoms with E-state index in [4.69, 9.17) is 0 Å². The highest BCUT2D eigenvalue weighted by molar-refractivity contribution is 6.01. The van der Waals surface area contributed by atoms with Gasteiger partial charge < -0.3 is 5.11 Å². The lowest BCUT2D eigenvalue weighted by atomic mass is 9.78. The molecule has 2 atom stereocenters. The first-order valence-corrected chi connectivity index (χ1v) is 6.09. The molecule has 0 saturated heterocycles. The van der Waals surface area contributed by atoms with Crippen molar-refractivity contribution < 1.29 is 14.7 Å². The fourth-order valence-corrected chi connectivity index (χ4v) is 2.43. The number of carbonyl (C=O) groups excluding carboxylic acids is 1. The van der Waals surface area contributed by atoms with Crippen molar-refractivity contribution in [1.29, 1.82) is 0 Å². The van der Waals surface area contributed by atoms with Gasteiger partial charge >= 0.3 is 5.97 Å². The maximum absolute atomic E-state index is 12.4. The Morgan fingerprint density at radius 1 is 1.11 bits per heavy atom. The van der Waals surface area contributed by atoms with E-state index in [1.165, 1.54) is 0 Å². The molecule has 0 radical (unpaired) electrons. The third kappa shape index (κ3) is 2.35. The maximum Gasteiger partial charge on any atom is 0.307 e. The van der Waals surface area contributed by atoms with Crippen LogP contribution in [0.25, 0.3) is 0 Å². The summed E-state index contributed by atoms with van der Waals surface area (Å²) in [6.45, 7) is 1.88. The molecule has 2 rings (SSSR count). The van der Waals surface area contributed by atoms with E-state index < -0.39 is 17.8 Å². The first-order valence-electron chi connectivity index (χ1n) is 6.09. The van der Waals surface area contributed by atoms with E-state index in [2.05, 4.69) is 0 Å². The van der Waals surface area contributed by atoms with Crippen molar-refractivity contribution in [2.45, 2.75) is 19.8 Å². The number of Topliss-reactive ketones (excluding diaryl/α,β-unsaturated/α-hetero) is 1. The van der Waals surface area contributed by atoms with Crippen LogP contribution in [0, 0.1) is 18.8 Å². The van der Waals surface area contributed by atoms with Gasteiger partial charge in [-0.1, -0.05) is 36.4 Å². The zero-order chi connectivity index (χ0) is 13.1. The number of aliphatic carboxylic acids is 1. The zero-order valence-electron chi connectivity index (χ0n) is 10.3. The number of aryl methyl sites for hydroxylation is 1. The minimum absolute atomic E-state index is 0.0511. The number of carbonyl (C=O) groups is 2. The third-order valence-electron chi connectivity index (χ3n) is 3.50. The van der Waals surface area contributed by atoms with Crippen molar-refractivity contribution in [3.05, 3.63) is 47.5 Å². The van der Waals surface area contributed by atoms with Crippen molar-refractivity contribution in [3.63, 3.8) is 0 Å². The molecule has 3 nitrogen and oxygen atoms in total. The first kappa shape index (κ1) is 12.6. The number of carboxylic acids is 1. The van der Waals surface area contributed by atoms with E-state index in [9.17, 15) is 14.7 Å². The maximum atomic E-state index is 12.4. The Kier molecular flexibility index (Phi) is 3.60. The van der Waals surface area contributed by atoms with Crippen LogP contribution >= 0.6 is 0 Å². The molecule has 0 aliphatic heterocycles. The molecule has 1 N–H and O–H groups in total. The molecule has 0 amide bonds. The summed E-state index contributed by atoms with van der Waals surface area (Å²) in [5, 5.41) is 9.19. The average Bonchev–Trinajstić information content (AvgIpc) is 2.38. The number of allylic oxidation sites excluding steroid dienone is 2. The van der Waals surface area contributed by atoms with Crippen molar-refractivity contribution in [2.24, 2.45) is 11.8 Å². The number of rotatable bonds is 3. The van der Waals surface area contributed by atoms with Gasteiger partial charge in [0.25, 0.3) is 0 Å². The molecule has 0 aromatic heterocycles. The molecule has 0 heterocycles. The van der Waals surface area contributed by atoms with Gasteiger partial charge in [0.2, 0.25) is 0 Å². The molecular weight excluding hydrogens is 228 g/mol. The summed E-state index contributed by atoms with van der Waals surface area (Å²) in [7, 11) is 0. The van der Waals surface area contributed by atoms with Gasteiger partial charge in [0.05, 0.1) is 5.92 Å². The van der Waals surface area contributed by atoms with Crippen molar-refractivity contribution in [1.82, 2.24) is 0 Å². The number of hydrogen-bond acceptors (Lipinski definition) is 2. The molecule has 0 spiro atoms. The smallest absolute Gasteiger partial charge is 0.307 e. The molecule has 1 aromatic rings. The molecule has 0 bridgehead atoms. The standard InChI is InChI=1S/C15H16O3/c1-10-6-2-3-7-11(10)14(16)12-8-4-5-9-13(12)15(17)18/h2-7,12-13H,8-9H2,1H3,(H,17,18). The summed E-state index contributed by atoms with van der Waals surface area (Å²) in [5.41, 5.74) is 1.55. The molecule has 1 aromatic carbocycles. The van der Waals surface area contributed by atoms with Gasteiger partial charge in [0.15, 0.2) is 5.78 Å². The van der Waals surface area contributed by atoms with Gasteiger partial charge in [-0.15, -0.1) is 0 Å². The monoisotopic (exact) mass is 244 g/mol. The van der Waals surface area contributed by atoms with Gasteiger partial charge in [-0.3, -0.25) is 9.59 Å². The summed E-state index contributed by atoms with van der Waals surface area (Å²) >= 11 is 0. The minimum Gasteiger partial charge on any atom is -0.481 e. The Hall–Kier alpha value is -1.90. The zero-order valence-corrected chi connectivity index (χ0v) is 10.3. The van der Waals surface area contributed by atoms with Crippen LogP contribution in [0.1, 0.15) is 28.8 Å². The van der Waals surface area contributed by atoms with Crippen LogP contribution in [0.2, 0.25) is 0 Å². The SMILES string of the molecule is Cc1ccccc1C(=O)C1CC=CCC1C(=O)O. The quantitative estimate of drug-likeness (QED) is 0.657. The second-order valence-electron chi connectivity index (χ2n) is 4.67. The fourth-order valence-electron chi connectivity index (χ4n) is 2.43. The molecule has 0 fully saturated rings. The second kappa shape index (κ2) is 5.17. The van der Waals surface area contributed by atoms with Crippen LogP contribution in [0.15, 0.2) is 36.4 Å². The Labute approximate surface area is 106 Å². The van der Waals surface area contributed by atoms with Gasteiger partial charge in [-0.2, -0.15) is 0 Å². The van der Waals surface area contributed by atoms with E-state index >= 15 is 0 Å². The fraction of sp³-hybridized carbons (Fsp3) is 0.333. The minimum atomic E-state index is -0.883. The van der Waals surface area contributed by atoms with Crippen LogP contribution in [-0.4, -0.2) is 16.9 Å². The highest BCUT2D eigenvalue weighted by atomic mass is 16.4.